The lowest BCUT2D eigenvalue weighted by atomic mass is 9.85. The molecule has 3 N–H and O–H groups in total. The summed E-state index contributed by atoms with van der Waals surface area (Å²) in [7, 11) is 1.34. The second kappa shape index (κ2) is 10.8. The number of aliphatic hydroxyl groups excluding tert-OH is 1. The van der Waals surface area contributed by atoms with Gasteiger partial charge in [0, 0.05) is 0 Å². The van der Waals surface area contributed by atoms with Crippen LogP contribution in [0.1, 0.15) is 44.1 Å². The Morgan fingerprint density at radius 2 is 1.85 bits per heavy atom. The van der Waals surface area contributed by atoms with E-state index in [9.17, 15) is 14.7 Å². The van der Waals surface area contributed by atoms with Crippen LogP contribution in [0.2, 0.25) is 0 Å². The van der Waals surface area contributed by atoms with E-state index in [0.29, 0.717) is 18.8 Å². The smallest absolute Gasteiger partial charge is 0.328 e. The largest absolute Gasteiger partial charge is 0.467 e. The molecule has 144 valence electrons. The van der Waals surface area contributed by atoms with E-state index in [1.807, 2.05) is 30.3 Å². The van der Waals surface area contributed by atoms with E-state index in [1.54, 1.807) is 0 Å². The summed E-state index contributed by atoms with van der Waals surface area (Å²) in [6, 6.07) is 8.13. The van der Waals surface area contributed by atoms with Crippen LogP contribution in [0.25, 0.3) is 0 Å². The summed E-state index contributed by atoms with van der Waals surface area (Å²) in [6.45, 7) is -0.173. The van der Waals surface area contributed by atoms with E-state index in [1.165, 1.54) is 26.4 Å². The number of hydrogen-bond donors (Lipinski definition) is 3. The summed E-state index contributed by atoms with van der Waals surface area (Å²) in [5.41, 5.74) is 1.03. The standard InChI is InChI=1S/C20H30N2O4/c1-26-19(24)18(13-16-10-6-3-7-11-16)22-20(25)21-17(14-23)12-15-8-4-2-5-9-15/h2,4-5,8-9,16-18,23H,3,6-7,10-14H2,1H3,(H2,21,22,25)/t17-,18-/m1/s1. The van der Waals surface area contributed by atoms with E-state index in [0.717, 1.165) is 18.4 Å². The van der Waals surface area contributed by atoms with Gasteiger partial charge in [-0.25, -0.2) is 9.59 Å². The molecule has 0 bridgehead atoms. The van der Waals surface area contributed by atoms with Gasteiger partial charge in [-0.05, 0) is 24.3 Å². The Morgan fingerprint density at radius 3 is 2.46 bits per heavy atom. The number of ether oxygens (including phenoxy) is 1. The number of aliphatic hydroxyl groups is 1. The lowest BCUT2D eigenvalue weighted by Gasteiger charge is -2.26. The SMILES string of the molecule is COC(=O)[C@@H](CC1CCCCC1)NC(=O)N[C@@H](CO)Cc1ccccc1. The van der Waals surface area contributed by atoms with Crippen LogP contribution in [-0.2, 0) is 16.0 Å². The number of benzene rings is 1. The first-order valence-electron chi connectivity index (χ1n) is 9.42. The topological polar surface area (TPSA) is 87.7 Å². The zero-order valence-electron chi connectivity index (χ0n) is 15.4. The second-order valence-corrected chi connectivity index (χ2v) is 7.00. The van der Waals surface area contributed by atoms with Crippen molar-refractivity contribution in [1.29, 1.82) is 0 Å². The molecule has 0 aromatic heterocycles. The molecule has 1 aliphatic rings. The van der Waals surface area contributed by atoms with Crippen LogP contribution >= 0.6 is 0 Å². The molecule has 0 spiro atoms. The molecule has 6 heteroatoms. The van der Waals surface area contributed by atoms with Crippen molar-refractivity contribution in [2.24, 2.45) is 5.92 Å². The summed E-state index contributed by atoms with van der Waals surface area (Å²) >= 11 is 0. The Morgan fingerprint density at radius 1 is 1.15 bits per heavy atom. The average Bonchev–Trinajstić information content (AvgIpc) is 2.68. The van der Waals surface area contributed by atoms with E-state index in [-0.39, 0.29) is 6.61 Å². The zero-order chi connectivity index (χ0) is 18.8. The monoisotopic (exact) mass is 362 g/mol. The van der Waals surface area contributed by atoms with Gasteiger partial charge in [-0.15, -0.1) is 0 Å². The number of esters is 1. The second-order valence-electron chi connectivity index (χ2n) is 7.00. The van der Waals surface area contributed by atoms with Crippen LogP contribution < -0.4 is 10.6 Å². The lowest BCUT2D eigenvalue weighted by molar-refractivity contribution is -0.143. The maximum atomic E-state index is 12.3. The minimum atomic E-state index is -0.654. The average molecular weight is 362 g/mol. The summed E-state index contributed by atoms with van der Waals surface area (Å²) in [4.78, 5) is 24.4. The fourth-order valence-corrected chi connectivity index (χ4v) is 3.56. The van der Waals surface area contributed by atoms with Crippen LogP contribution in [-0.4, -0.2) is 42.9 Å². The van der Waals surface area contributed by atoms with Gasteiger partial charge in [-0.1, -0.05) is 62.4 Å². The minimum absolute atomic E-state index is 0.173. The lowest BCUT2D eigenvalue weighted by Crippen LogP contribution is -2.51. The molecule has 0 saturated heterocycles. The number of amides is 2. The van der Waals surface area contributed by atoms with E-state index in [2.05, 4.69) is 10.6 Å². The molecule has 6 nitrogen and oxygen atoms in total. The molecule has 0 heterocycles. The van der Waals surface area contributed by atoms with Crippen molar-refractivity contribution < 1.29 is 19.4 Å². The highest BCUT2D eigenvalue weighted by Crippen LogP contribution is 2.27. The quantitative estimate of drug-likeness (QED) is 0.620. The number of rotatable bonds is 8. The zero-order valence-corrected chi connectivity index (χ0v) is 15.4. The van der Waals surface area contributed by atoms with Crippen LogP contribution in [0.3, 0.4) is 0 Å². The summed E-state index contributed by atoms with van der Waals surface area (Å²) in [5, 5.41) is 15.0. The number of methoxy groups -OCH3 is 1. The van der Waals surface area contributed by atoms with Crippen molar-refractivity contribution in [3.63, 3.8) is 0 Å². The Labute approximate surface area is 155 Å². The number of hydrogen-bond acceptors (Lipinski definition) is 4. The first kappa shape index (κ1) is 20.2. The van der Waals surface area contributed by atoms with E-state index in [4.69, 9.17) is 4.74 Å². The Kier molecular flexibility index (Phi) is 8.41. The van der Waals surface area contributed by atoms with Gasteiger partial charge >= 0.3 is 12.0 Å². The van der Waals surface area contributed by atoms with Crippen LogP contribution in [0.5, 0.6) is 0 Å². The molecule has 2 amide bonds. The molecule has 26 heavy (non-hydrogen) atoms. The van der Waals surface area contributed by atoms with Gasteiger partial charge in [0.25, 0.3) is 0 Å². The van der Waals surface area contributed by atoms with Gasteiger partial charge in [0.2, 0.25) is 0 Å². The molecule has 1 saturated carbocycles. The number of nitrogens with one attached hydrogen (secondary N) is 2. The predicted molar refractivity (Wildman–Crippen MR) is 99.7 cm³/mol. The van der Waals surface area contributed by atoms with Crippen molar-refractivity contribution >= 4 is 12.0 Å². The molecule has 1 aromatic carbocycles. The van der Waals surface area contributed by atoms with Crippen molar-refractivity contribution in [2.75, 3.05) is 13.7 Å². The summed E-state index contributed by atoms with van der Waals surface area (Å²) in [6.07, 6.45) is 6.89. The highest BCUT2D eigenvalue weighted by Gasteiger charge is 2.27. The molecule has 1 aromatic rings. The third-order valence-electron chi connectivity index (χ3n) is 4.97. The maximum absolute atomic E-state index is 12.3. The first-order valence-corrected chi connectivity index (χ1v) is 9.42. The molecular weight excluding hydrogens is 332 g/mol. The maximum Gasteiger partial charge on any atom is 0.328 e. The number of carbonyl (C=O) groups excluding carboxylic acids is 2. The Bertz CT molecular complexity index is 558. The van der Waals surface area contributed by atoms with Gasteiger partial charge in [0.1, 0.15) is 6.04 Å². The van der Waals surface area contributed by atoms with Gasteiger partial charge in [-0.2, -0.15) is 0 Å². The minimum Gasteiger partial charge on any atom is -0.467 e. The predicted octanol–water partition coefficient (Wildman–Crippen LogP) is 2.40. The summed E-state index contributed by atoms with van der Waals surface area (Å²) in [5.74, 6) is 0.0143. The van der Waals surface area contributed by atoms with Gasteiger partial charge < -0.3 is 20.5 Å². The van der Waals surface area contributed by atoms with Crippen molar-refractivity contribution in [3.8, 4) is 0 Å². The fraction of sp³-hybridized carbons (Fsp3) is 0.600. The van der Waals surface area contributed by atoms with Crippen LogP contribution in [0, 0.1) is 5.92 Å². The van der Waals surface area contributed by atoms with Crippen molar-refractivity contribution in [2.45, 2.75) is 57.0 Å². The third kappa shape index (κ3) is 6.67. The van der Waals surface area contributed by atoms with Crippen LogP contribution in [0.15, 0.2) is 30.3 Å². The van der Waals surface area contributed by atoms with E-state index >= 15 is 0 Å². The Balaban J connectivity index is 1.88. The molecule has 0 aliphatic heterocycles. The normalized spacial score (nSPS) is 17.2. The molecule has 0 radical (unpaired) electrons. The molecule has 1 aliphatic carbocycles. The highest BCUT2D eigenvalue weighted by molar-refractivity contribution is 5.83. The van der Waals surface area contributed by atoms with Gasteiger partial charge in [0.15, 0.2) is 0 Å². The molecular formula is C20H30N2O4. The van der Waals surface area contributed by atoms with Crippen LogP contribution in [0.4, 0.5) is 4.79 Å². The molecule has 0 unspecified atom stereocenters. The van der Waals surface area contributed by atoms with E-state index < -0.39 is 24.1 Å². The highest BCUT2D eigenvalue weighted by atomic mass is 16.5. The Hall–Kier alpha value is -2.08. The first-order chi connectivity index (χ1) is 12.6. The number of urea groups is 1. The fourth-order valence-electron chi connectivity index (χ4n) is 3.56. The van der Waals surface area contributed by atoms with Crippen molar-refractivity contribution in [1.82, 2.24) is 10.6 Å². The molecule has 2 atom stereocenters. The molecule has 1 fully saturated rings. The van der Waals surface area contributed by atoms with Crippen molar-refractivity contribution in [3.05, 3.63) is 35.9 Å². The van der Waals surface area contributed by atoms with Gasteiger partial charge in [-0.3, -0.25) is 0 Å². The van der Waals surface area contributed by atoms with Gasteiger partial charge in [0.05, 0.1) is 19.8 Å². The summed E-state index contributed by atoms with van der Waals surface area (Å²) < 4.78 is 4.85. The number of carbonyl (C=O) groups is 2. The molecule has 2 rings (SSSR count). The third-order valence-corrected chi connectivity index (χ3v) is 4.97.